The average molecular weight is 236 g/mol. The zero-order valence-electron chi connectivity index (χ0n) is 10.7. The number of aryl methyl sites for hydroxylation is 2. The van der Waals surface area contributed by atoms with E-state index in [1.165, 1.54) is 0 Å². The topological polar surface area (TPSA) is 66.9 Å². The number of carbonyl (C=O) groups is 1. The van der Waals surface area contributed by atoms with Gasteiger partial charge in [-0.15, -0.1) is 0 Å². The predicted molar refractivity (Wildman–Crippen MR) is 67.0 cm³/mol. The first-order valence-corrected chi connectivity index (χ1v) is 6.01. The Morgan fingerprint density at radius 1 is 1.29 bits per heavy atom. The Kier molecular flexibility index (Phi) is 5.56. The molecular weight excluding hydrogens is 216 g/mol. The maximum absolute atomic E-state index is 11.9. The van der Waals surface area contributed by atoms with Gasteiger partial charge in [0.1, 0.15) is 0 Å². The summed E-state index contributed by atoms with van der Waals surface area (Å²) in [5, 5.41) is 14.0. The van der Waals surface area contributed by atoms with Crippen molar-refractivity contribution in [1.29, 1.82) is 0 Å². The zero-order valence-corrected chi connectivity index (χ0v) is 10.7. The molecule has 94 valence electrons. The minimum atomic E-state index is -0.0715. The zero-order chi connectivity index (χ0) is 12.7. The second kappa shape index (κ2) is 6.96. The van der Waals surface area contributed by atoms with Crippen molar-refractivity contribution in [3.8, 4) is 0 Å². The molecule has 0 aliphatic rings. The van der Waals surface area contributed by atoms with E-state index in [1.807, 2.05) is 20.8 Å². The van der Waals surface area contributed by atoms with Crippen LogP contribution in [-0.4, -0.2) is 35.7 Å². The number of rotatable bonds is 6. The van der Waals surface area contributed by atoms with Gasteiger partial charge in [0.2, 0.25) is 0 Å². The summed E-state index contributed by atoms with van der Waals surface area (Å²) in [6.45, 7) is 8.15. The highest BCUT2D eigenvalue weighted by Crippen LogP contribution is 2.06. The molecular formula is C12H20N4O. The van der Waals surface area contributed by atoms with Gasteiger partial charge in [-0.1, -0.05) is 13.8 Å². The average Bonchev–Trinajstić information content (AvgIpc) is 2.34. The molecule has 1 aromatic heterocycles. The van der Waals surface area contributed by atoms with Gasteiger partial charge in [0, 0.05) is 13.1 Å². The molecule has 5 heteroatoms. The van der Waals surface area contributed by atoms with Gasteiger partial charge < -0.3 is 10.6 Å². The molecule has 17 heavy (non-hydrogen) atoms. The first kappa shape index (κ1) is 13.6. The summed E-state index contributed by atoms with van der Waals surface area (Å²) in [5.74, 6) is -0.0715. The smallest absolute Gasteiger partial charge is 0.253 e. The minimum absolute atomic E-state index is 0.0715. The summed E-state index contributed by atoms with van der Waals surface area (Å²) >= 11 is 0. The van der Waals surface area contributed by atoms with E-state index in [9.17, 15) is 4.79 Å². The number of amides is 1. The Bertz CT molecular complexity index is 379. The summed E-state index contributed by atoms with van der Waals surface area (Å²) in [4.78, 5) is 11.9. The third-order valence-corrected chi connectivity index (χ3v) is 2.41. The molecule has 1 heterocycles. The van der Waals surface area contributed by atoms with Gasteiger partial charge in [-0.25, -0.2) is 0 Å². The van der Waals surface area contributed by atoms with Gasteiger partial charge >= 0.3 is 0 Å². The van der Waals surface area contributed by atoms with E-state index in [1.54, 1.807) is 6.07 Å². The number of nitrogens with one attached hydrogen (secondary N) is 2. The molecule has 0 aromatic carbocycles. The van der Waals surface area contributed by atoms with E-state index < -0.39 is 0 Å². The second-order valence-corrected chi connectivity index (χ2v) is 3.81. The Morgan fingerprint density at radius 3 is 2.71 bits per heavy atom. The van der Waals surface area contributed by atoms with Crippen LogP contribution in [0.15, 0.2) is 6.07 Å². The molecule has 0 saturated heterocycles. The molecule has 2 N–H and O–H groups in total. The number of nitrogens with zero attached hydrogens (tertiary/aromatic N) is 2. The van der Waals surface area contributed by atoms with Crippen molar-refractivity contribution < 1.29 is 4.79 Å². The minimum Gasteiger partial charge on any atom is -0.351 e. The summed E-state index contributed by atoms with van der Waals surface area (Å²) in [5.41, 5.74) is 2.15. The van der Waals surface area contributed by atoms with E-state index in [4.69, 9.17) is 0 Å². The summed E-state index contributed by atoms with van der Waals surface area (Å²) in [7, 11) is 0. The Balaban J connectivity index is 2.64. The van der Waals surface area contributed by atoms with Crippen LogP contribution in [-0.2, 0) is 6.42 Å². The highest BCUT2D eigenvalue weighted by Gasteiger charge is 2.11. The molecule has 0 atom stereocenters. The van der Waals surface area contributed by atoms with Crippen LogP contribution in [0, 0.1) is 6.92 Å². The lowest BCUT2D eigenvalue weighted by molar-refractivity contribution is 0.0952. The predicted octanol–water partition coefficient (Wildman–Crippen LogP) is 0.687. The van der Waals surface area contributed by atoms with Gasteiger partial charge in [0.25, 0.3) is 5.91 Å². The van der Waals surface area contributed by atoms with Gasteiger partial charge in [-0.2, -0.15) is 10.2 Å². The van der Waals surface area contributed by atoms with E-state index in [2.05, 4.69) is 20.8 Å². The monoisotopic (exact) mass is 236 g/mol. The largest absolute Gasteiger partial charge is 0.351 e. The Morgan fingerprint density at radius 2 is 2.06 bits per heavy atom. The standard InChI is InChI=1S/C12H20N4O/c1-4-11-10(8-9(3)15-16-11)12(17)14-7-6-13-5-2/h8,13H,4-7H2,1-3H3,(H,14,17). The SMILES string of the molecule is CCNCCNC(=O)c1cc(C)nnc1CC. The van der Waals surface area contributed by atoms with Crippen LogP contribution in [0.25, 0.3) is 0 Å². The van der Waals surface area contributed by atoms with Crippen molar-refractivity contribution in [2.75, 3.05) is 19.6 Å². The normalized spacial score (nSPS) is 10.3. The first-order chi connectivity index (χ1) is 8.19. The lowest BCUT2D eigenvalue weighted by Crippen LogP contribution is -2.32. The molecule has 0 unspecified atom stereocenters. The number of aromatic nitrogens is 2. The van der Waals surface area contributed by atoms with Crippen molar-refractivity contribution in [2.24, 2.45) is 0 Å². The molecule has 0 saturated carbocycles. The second-order valence-electron chi connectivity index (χ2n) is 3.81. The maximum Gasteiger partial charge on any atom is 0.253 e. The van der Waals surface area contributed by atoms with Gasteiger partial charge in [-0.05, 0) is 26.0 Å². The maximum atomic E-state index is 11.9. The Labute approximate surface area is 102 Å². The number of hydrogen-bond acceptors (Lipinski definition) is 4. The van der Waals surface area contributed by atoms with Crippen LogP contribution in [0.5, 0.6) is 0 Å². The first-order valence-electron chi connectivity index (χ1n) is 6.01. The van der Waals surface area contributed by atoms with E-state index in [0.29, 0.717) is 18.5 Å². The van der Waals surface area contributed by atoms with E-state index in [0.717, 1.165) is 24.5 Å². The number of likely N-dealkylation sites (N-methyl/N-ethyl adjacent to an activating group) is 1. The van der Waals surface area contributed by atoms with Crippen molar-refractivity contribution in [2.45, 2.75) is 27.2 Å². The molecule has 5 nitrogen and oxygen atoms in total. The van der Waals surface area contributed by atoms with E-state index in [-0.39, 0.29) is 5.91 Å². The highest BCUT2D eigenvalue weighted by molar-refractivity contribution is 5.95. The molecule has 1 rings (SSSR count). The molecule has 1 aromatic rings. The molecule has 0 bridgehead atoms. The van der Waals surface area contributed by atoms with Crippen molar-refractivity contribution in [3.63, 3.8) is 0 Å². The van der Waals surface area contributed by atoms with Crippen LogP contribution in [0.2, 0.25) is 0 Å². The molecule has 0 spiro atoms. The lowest BCUT2D eigenvalue weighted by atomic mass is 10.1. The van der Waals surface area contributed by atoms with Crippen LogP contribution >= 0.6 is 0 Å². The third kappa shape index (κ3) is 4.11. The Hall–Kier alpha value is -1.49. The van der Waals surface area contributed by atoms with Crippen molar-refractivity contribution >= 4 is 5.91 Å². The number of carbonyl (C=O) groups excluding carboxylic acids is 1. The highest BCUT2D eigenvalue weighted by atomic mass is 16.1. The molecule has 0 aliphatic carbocycles. The summed E-state index contributed by atoms with van der Waals surface area (Å²) < 4.78 is 0. The van der Waals surface area contributed by atoms with Crippen LogP contribution in [0.1, 0.15) is 35.6 Å². The lowest BCUT2D eigenvalue weighted by Gasteiger charge is -2.08. The van der Waals surface area contributed by atoms with Crippen LogP contribution in [0.4, 0.5) is 0 Å². The fraction of sp³-hybridized carbons (Fsp3) is 0.583. The van der Waals surface area contributed by atoms with Crippen molar-refractivity contribution in [1.82, 2.24) is 20.8 Å². The van der Waals surface area contributed by atoms with Crippen LogP contribution in [0.3, 0.4) is 0 Å². The number of hydrogen-bond donors (Lipinski definition) is 2. The molecule has 1 amide bonds. The molecule has 0 radical (unpaired) electrons. The van der Waals surface area contributed by atoms with Crippen molar-refractivity contribution in [3.05, 3.63) is 23.0 Å². The fourth-order valence-corrected chi connectivity index (χ4v) is 1.51. The quantitative estimate of drug-likeness (QED) is 0.713. The molecule has 0 aliphatic heterocycles. The third-order valence-electron chi connectivity index (χ3n) is 2.41. The van der Waals surface area contributed by atoms with Gasteiger partial charge in [-0.3, -0.25) is 4.79 Å². The summed E-state index contributed by atoms with van der Waals surface area (Å²) in [6, 6.07) is 1.79. The fourth-order valence-electron chi connectivity index (χ4n) is 1.51. The van der Waals surface area contributed by atoms with Gasteiger partial charge in [0.15, 0.2) is 0 Å². The summed E-state index contributed by atoms with van der Waals surface area (Å²) in [6.07, 6.45) is 0.712. The van der Waals surface area contributed by atoms with E-state index >= 15 is 0 Å². The van der Waals surface area contributed by atoms with Gasteiger partial charge in [0.05, 0.1) is 17.0 Å². The molecule has 0 fully saturated rings. The van der Waals surface area contributed by atoms with Crippen LogP contribution < -0.4 is 10.6 Å².